The Hall–Kier alpha value is -5.12. The van der Waals surface area contributed by atoms with E-state index in [4.69, 9.17) is 0 Å². The number of pyridine rings is 1. The SMILES string of the molecule is O=C(NN1CCc2ccccc21)c1ccc(-c2c(C(=O)O)c(Cc3ccc(F)cc3F)nc3c2C(=O)N2CCC[C@@H]32)cc1. The number of nitrogens with one attached hydrogen (secondary N) is 1. The maximum absolute atomic E-state index is 14.7. The van der Waals surface area contributed by atoms with Crippen molar-refractivity contribution in [3.05, 3.63) is 118 Å². The summed E-state index contributed by atoms with van der Waals surface area (Å²) in [6.45, 7) is 1.17. The van der Waals surface area contributed by atoms with Gasteiger partial charge in [-0.25, -0.2) is 13.6 Å². The fourth-order valence-corrected chi connectivity index (χ4v) is 6.47. The molecule has 3 aliphatic heterocycles. The van der Waals surface area contributed by atoms with Crippen molar-refractivity contribution >= 4 is 23.5 Å². The van der Waals surface area contributed by atoms with Crippen LogP contribution < -0.4 is 10.4 Å². The van der Waals surface area contributed by atoms with Gasteiger partial charge in [0, 0.05) is 36.7 Å². The largest absolute Gasteiger partial charge is 0.478 e. The minimum Gasteiger partial charge on any atom is -0.478 e. The third kappa shape index (κ3) is 4.50. The molecule has 0 aliphatic carbocycles. The van der Waals surface area contributed by atoms with Crippen LogP contribution in [0.4, 0.5) is 14.5 Å². The molecular weight excluding hydrogens is 554 g/mol. The van der Waals surface area contributed by atoms with Crippen LogP contribution in [0.3, 0.4) is 0 Å². The second-order valence-corrected chi connectivity index (χ2v) is 11.0. The van der Waals surface area contributed by atoms with Gasteiger partial charge in [-0.05, 0) is 60.2 Å². The highest BCUT2D eigenvalue weighted by Crippen LogP contribution is 2.45. The monoisotopic (exact) mass is 580 g/mol. The molecule has 0 spiro atoms. The number of aromatic nitrogens is 1. The number of aromatic carboxylic acids is 1. The summed E-state index contributed by atoms with van der Waals surface area (Å²) in [6, 6.07) is 17.1. The molecule has 3 aromatic carbocycles. The smallest absolute Gasteiger partial charge is 0.338 e. The van der Waals surface area contributed by atoms with Crippen LogP contribution in [0.1, 0.15) is 72.5 Å². The maximum Gasteiger partial charge on any atom is 0.338 e. The number of carboxylic acid groups (broad SMARTS) is 1. The molecule has 1 aromatic heterocycles. The number of carbonyl (C=O) groups excluding carboxylic acids is 2. The Morgan fingerprint density at radius 3 is 2.56 bits per heavy atom. The van der Waals surface area contributed by atoms with Gasteiger partial charge in [0.05, 0.1) is 34.2 Å². The van der Waals surface area contributed by atoms with E-state index < -0.39 is 17.6 Å². The van der Waals surface area contributed by atoms with Gasteiger partial charge in [-0.1, -0.05) is 36.4 Å². The van der Waals surface area contributed by atoms with E-state index in [1.807, 2.05) is 24.3 Å². The van der Waals surface area contributed by atoms with Gasteiger partial charge < -0.3 is 10.0 Å². The molecule has 1 saturated heterocycles. The molecule has 10 heteroatoms. The lowest BCUT2D eigenvalue weighted by Crippen LogP contribution is -2.41. The molecule has 0 bridgehead atoms. The number of anilines is 1. The van der Waals surface area contributed by atoms with Gasteiger partial charge >= 0.3 is 5.97 Å². The Bertz CT molecular complexity index is 1820. The summed E-state index contributed by atoms with van der Waals surface area (Å²) in [7, 11) is 0. The molecule has 2 amide bonds. The van der Waals surface area contributed by atoms with Crippen molar-refractivity contribution < 1.29 is 28.3 Å². The number of fused-ring (bicyclic) bond motifs is 4. The van der Waals surface area contributed by atoms with Gasteiger partial charge in [-0.15, -0.1) is 0 Å². The van der Waals surface area contributed by atoms with Crippen LogP contribution >= 0.6 is 0 Å². The van der Waals surface area contributed by atoms with Crippen LogP contribution in [-0.2, 0) is 12.8 Å². The molecule has 216 valence electrons. The quantitative estimate of drug-likeness (QED) is 0.320. The standard InChI is InChI=1S/C33H26F2N4O4/c34-22-12-11-21(23(35)17-22)16-24-28(33(42)43)27(29-30(36-24)26-6-3-14-38(26)32(29)41)19-7-9-20(10-8-19)31(40)37-39-15-13-18-4-1-2-5-25(18)39/h1-2,4-5,7-12,17,26H,3,6,13-16H2,(H,37,40)(H,42,43)/t26-/m0/s1. The Morgan fingerprint density at radius 2 is 1.79 bits per heavy atom. The fourth-order valence-electron chi connectivity index (χ4n) is 6.47. The average Bonchev–Trinajstić information content (AvgIpc) is 3.71. The van der Waals surface area contributed by atoms with Crippen LogP contribution in [0.25, 0.3) is 11.1 Å². The Balaban J connectivity index is 1.29. The molecule has 1 fully saturated rings. The molecule has 4 aromatic rings. The molecule has 3 aliphatic rings. The van der Waals surface area contributed by atoms with E-state index in [-0.39, 0.29) is 52.2 Å². The van der Waals surface area contributed by atoms with Crippen molar-refractivity contribution in [2.45, 2.75) is 31.7 Å². The number of amides is 2. The molecule has 0 unspecified atom stereocenters. The summed E-state index contributed by atoms with van der Waals surface area (Å²) in [4.78, 5) is 45.9. The lowest BCUT2D eigenvalue weighted by Gasteiger charge is -2.20. The van der Waals surface area contributed by atoms with Crippen LogP contribution in [-0.4, -0.2) is 45.9 Å². The molecule has 7 rings (SSSR count). The van der Waals surface area contributed by atoms with Gasteiger partial charge in [0.2, 0.25) is 0 Å². The molecule has 43 heavy (non-hydrogen) atoms. The van der Waals surface area contributed by atoms with Crippen molar-refractivity contribution in [2.24, 2.45) is 0 Å². The maximum atomic E-state index is 14.7. The van der Waals surface area contributed by atoms with Crippen molar-refractivity contribution in [1.82, 2.24) is 15.3 Å². The normalized spacial score (nSPS) is 16.7. The van der Waals surface area contributed by atoms with Crippen LogP contribution in [0.2, 0.25) is 0 Å². The number of rotatable bonds is 6. The number of hydrogen-bond acceptors (Lipinski definition) is 5. The topological polar surface area (TPSA) is 103 Å². The highest BCUT2D eigenvalue weighted by molar-refractivity contribution is 6.10. The molecule has 0 radical (unpaired) electrons. The molecule has 2 N–H and O–H groups in total. The van der Waals surface area contributed by atoms with Crippen molar-refractivity contribution in [3.8, 4) is 11.1 Å². The Morgan fingerprint density at radius 1 is 1.00 bits per heavy atom. The van der Waals surface area contributed by atoms with E-state index in [1.165, 1.54) is 6.07 Å². The number of hydrogen-bond donors (Lipinski definition) is 2. The average molecular weight is 581 g/mol. The second kappa shape index (κ2) is 10.3. The minimum absolute atomic E-state index is 0.0860. The first kappa shape index (κ1) is 26.8. The van der Waals surface area contributed by atoms with Crippen LogP contribution in [0, 0.1) is 11.6 Å². The Kier molecular flexibility index (Phi) is 6.41. The minimum atomic E-state index is -1.32. The number of hydrazine groups is 1. The predicted molar refractivity (Wildman–Crippen MR) is 154 cm³/mol. The predicted octanol–water partition coefficient (Wildman–Crippen LogP) is 5.31. The van der Waals surface area contributed by atoms with E-state index in [1.54, 1.807) is 34.2 Å². The lowest BCUT2D eigenvalue weighted by atomic mass is 9.89. The number of para-hydroxylation sites is 1. The van der Waals surface area contributed by atoms with Crippen molar-refractivity contribution in [2.75, 3.05) is 18.1 Å². The molecular formula is C33H26F2N4O4. The van der Waals surface area contributed by atoms with E-state index in [0.29, 0.717) is 36.3 Å². The second-order valence-electron chi connectivity index (χ2n) is 11.0. The van der Waals surface area contributed by atoms with Gasteiger partial charge in [0.15, 0.2) is 0 Å². The zero-order valence-electron chi connectivity index (χ0n) is 22.9. The third-order valence-electron chi connectivity index (χ3n) is 8.49. The van der Waals surface area contributed by atoms with Crippen LogP contribution in [0.5, 0.6) is 0 Å². The first-order valence-electron chi connectivity index (χ1n) is 14.1. The lowest BCUT2D eigenvalue weighted by molar-refractivity contribution is 0.0695. The summed E-state index contributed by atoms with van der Waals surface area (Å²) in [5.74, 6) is -3.50. The van der Waals surface area contributed by atoms with E-state index in [9.17, 15) is 28.3 Å². The number of benzene rings is 3. The van der Waals surface area contributed by atoms with Gasteiger partial charge in [-0.2, -0.15) is 0 Å². The summed E-state index contributed by atoms with van der Waals surface area (Å²) in [6.07, 6.45) is 2.09. The number of carbonyl (C=O) groups is 3. The Labute approximate surface area is 245 Å². The highest BCUT2D eigenvalue weighted by Gasteiger charge is 2.44. The summed E-state index contributed by atoms with van der Waals surface area (Å²) in [5, 5.41) is 12.2. The van der Waals surface area contributed by atoms with Gasteiger partial charge in [0.1, 0.15) is 11.6 Å². The zero-order chi connectivity index (χ0) is 29.8. The third-order valence-corrected chi connectivity index (χ3v) is 8.49. The first-order valence-corrected chi connectivity index (χ1v) is 14.1. The molecule has 1 atom stereocenters. The molecule has 4 heterocycles. The number of nitrogens with zero attached hydrogens (tertiary/aromatic N) is 3. The molecule has 8 nitrogen and oxygen atoms in total. The summed E-state index contributed by atoms with van der Waals surface area (Å²) in [5.41, 5.74) is 6.63. The van der Waals surface area contributed by atoms with E-state index in [2.05, 4.69) is 10.4 Å². The van der Waals surface area contributed by atoms with E-state index in [0.717, 1.165) is 36.2 Å². The highest BCUT2D eigenvalue weighted by atomic mass is 19.1. The number of carboxylic acids is 1. The summed E-state index contributed by atoms with van der Waals surface area (Å²) < 4.78 is 28.3. The van der Waals surface area contributed by atoms with Gasteiger partial charge in [-0.3, -0.25) is 25.0 Å². The number of halogens is 2. The van der Waals surface area contributed by atoms with Crippen LogP contribution in [0.15, 0.2) is 66.7 Å². The van der Waals surface area contributed by atoms with Crippen molar-refractivity contribution in [3.63, 3.8) is 0 Å². The van der Waals surface area contributed by atoms with E-state index >= 15 is 0 Å². The van der Waals surface area contributed by atoms with Gasteiger partial charge in [0.25, 0.3) is 11.8 Å². The zero-order valence-corrected chi connectivity index (χ0v) is 22.9. The first-order chi connectivity index (χ1) is 20.8. The van der Waals surface area contributed by atoms with Crippen molar-refractivity contribution in [1.29, 1.82) is 0 Å². The summed E-state index contributed by atoms with van der Waals surface area (Å²) >= 11 is 0. The molecule has 0 saturated carbocycles. The fraction of sp³-hybridized carbons (Fsp3) is 0.212.